The number of carbonyl (C=O) groups is 1. The van der Waals surface area contributed by atoms with Crippen LogP contribution in [0.25, 0.3) is 0 Å². The molecule has 0 radical (unpaired) electrons. The third kappa shape index (κ3) is 15.7. The first-order chi connectivity index (χ1) is 10.7. The summed E-state index contributed by atoms with van der Waals surface area (Å²) in [7, 11) is 0.812. The molecule has 4 heteroatoms. The average molecular weight is 331 g/mol. The van der Waals surface area contributed by atoms with Crippen molar-refractivity contribution in [2.75, 3.05) is 18.6 Å². The maximum atomic E-state index is 11.7. The Morgan fingerprint density at radius 2 is 1.59 bits per heavy atom. The maximum Gasteiger partial charge on any atom is 0.305 e. The van der Waals surface area contributed by atoms with Crippen LogP contribution in [0.3, 0.4) is 0 Å². The molecule has 0 aliphatic rings. The summed E-state index contributed by atoms with van der Waals surface area (Å²) in [6.45, 7) is 2.17. The van der Waals surface area contributed by atoms with Gasteiger partial charge in [-0.25, -0.2) is 0 Å². The van der Waals surface area contributed by atoms with Gasteiger partial charge < -0.3 is 4.74 Å². The molecule has 0 aromatic rings. The number of rotatable bonds is 15. The summed E-state index contributed by atoms with van der Waals surface area (Å²) >= 11 is 0. The zero-order valence-electron chi connectivity index (χ0n) is 14.5. The third-order valence-corrected chi connectivity index (χ3v) is 5.07. The fourth-order valence-electron chi connectivity index (χ4n) is 2.21. The highest BCUT2D eigenvalue weighted by Crippen LogP contribution is 2.08. The molecule has 0 rings (SSSR count). The minimum absolute atomic E-state index is 0.102. The van der Waals surface area contributed by atoms with E-state index in [0.717, 1.165) is 43.6 Å². The summed E-state index contributed by atoms with van der Waals surface area (Å²) in [5.41, 5.74) is 0. The number of esters is 1. The number of carbonyl (C=O) groups excluding carboxylic acids is 1. The van der Waals surface area contributed by atoms with E-state index in [9.17, 15) is 9.00 Å². The van der Waals surface area contributed by atoms with Crippen molar-refractivity contribution in [1.82, 2.24) is 0 Å². The summed E-state index contributed by atoms with van der Waals surface area (Å²) in [4.78, 5) is 10.9. The van der Waals surface area contributed by atoms with Crippen LogP contribution >= 0.6 is 0 Å². The molecule has 0 aliphatic heterocycles. The summed E-state index contributed by atoms with van der Waals surface area (Å²) in [5, 5.41) is 0. The standard InChI is InChI=1S/C18H34O3S/c1-3-4-13-16-22(20)17-14-11-9-7-5-6-8-10-12-15-18(19)21-2/h9,11H,3-8,10,12-17H2,1-2H3/b11-9+. The van der Waals surface area contributed by atoms with Gasteiger partial charge in [0, 0.05) is 28.7 Å². The second-order valence-electron chi connectivity index (χ2n) is 5.70. The highest BCUT2D eigenvalue weighted by Gasteiger charge is 1.99. The van der Waals surface area contributed by atoms with Crippen molar-refractivity contribution in [2.24, 2.45) is 0 Å². The number of methoxy groups -OCH3 is 1. The second-order valence-corrected chi connectivity index (χ2v) is 7.39. The Labute approximate surface area is 139 Å². The monoisotopic (exact) mass is 330 g/mol. The number of allylic oxidation sites excluding steroid dienone is 2. The summed E-state index contributed by atoms with van der Waals surface area (Å²) < 4.78 is 16.3. The first-order valence-corrected chi connectivity index (χ1v) is 10.3. The molecule has 0 heterocycles. The van der Waals surface area contributed by atoms with Crippen LogP contribution in [0.2, 0.25) is 0 Å². The number of hydrogen-bond acceptors (Lipinski definition) is 3. The van der Waals surface area contributed by atoms with Crippen LogP contribution in [-0.4, -0.2) is 28.8 Å². The Bertz CT molecular complexity index is 313. The predicted octanol–water partition coefficient (Wildman–Crippen LogP) is 4.78. The van der Waals surface area contributed by atoms with Crippen LogP contribution in [0.1, 0.15) is 77.6 Å². The predicted molar refractivity (Wildman–Crippen MR) is 95.5 cm³/mol. The van der Waals surface area contributed by atoms with Gasteiger partial charge in [-0.05, 0) is 32.1 Å². The Balaban J connectivity index is 3.27. The smallest absolute Gasteiger partial charge is 0.305 e. The summed E-state index contributed by atoms with van der Waals surface area (Å²) in [5.74, 6) is 1.58. The van der Waals surface area contributed by atoms with Crippen LogP contribution in [0.5, 0.6) is 0 Å². The molecular weight excluding hydrogens is 296 g/mol. The lowest BCUT2D eigenvalue weighted by Gasteiger charge is -2.00. The van der Waals surface area contributed by atoms with Crippen LogP contribution in [0, 0.1) is 0 Å². The van der Waals surface area contributed by atoms with E-state index in [4.69, 9.17) is 0 Å². The molecule has 0 saturated heterocycles. The SMILES string of the molecule is CCCCCS(=O)CC/C=C/CCCCCCCC(=O)OC. The van der Waals surface area contributed by atoms with E-state index < -0.39 is 10.8 Å². The van der Waals surface area contributed by atoms with Gasteiger partial charge in [0.1, 0.15) is 0 Å². The van der Waals surface area contributed by atoms with E-state index >= 15 is 0 Å². The van der Waals surface area contributed by atoms with Crippen molar-refractivity contribution in [2.45, 2.75) is 77.6 Å². The molecular formula is C18H34O3S. The largest absolute Gasteiger partial charge is 0.469 e. The molecule has 0 saturated carbocycles. The summed E-state index contributed by atoms with van der Waals surface area (Å²) in [6, 6.07) is 0. The van der Waals surface area contributed by atoms with Gasteiger partial charge in [-0.1, -0.05) is 51.2 Å². The Hall–Kier alpha value is -0.640. The Morgan fingerprint density at radius 3 is 2.32 bits per heavy atom. The zero-order valence-corrected chi connectivity index (χ0v) is 15.3. The first-order valence-electron chi connectivity index (χ1n) is 8.77. The lowest BCUT2D eigenvalue weighted by molar-refractivity contribution is -0.140. The van der Waals surface area contributed by atoms with E-state index in [0.29, 0.717) is 6.42 Å². The number of unbranched alkanes of at least 4 members (excludes halogenated alkanes) is 7. The lowest BCUT2D eigenvalue weighted by Crippen LogP contribution is -2.01. The molecule has 0 aromatic carbocycles. The summed E-state index contributed by atoms with van der Waals surface area (Å²) in [6.07, 6.45) is 16.1. The highest BCUT2D eigenvalue weighted by molar-refractivity contribution is 7.84. The molecule has 3 nitrogen and oxygen atoms in total. The van der Waals surface area contributed by atoms with Gasteiger partial charge in [-0.2, -0.15) is 0 Å². The fraction of sp³-hybridized carbons (Fsp3) is 0.833. The van der Waals surface area contributed by atoms with Crippen molar-refractivity contribution in [3.63, 3.8) is 0 Å². The second kappa shape index (κ2) is 16.7. The minimum atomic E-state index is -0.628. The topological polar surface area (TPSA) is 43.4 Å². The molecule has 0 fully saturated rings. The molecule has 130 valence electrons. The van der Waals surface area contributed by atoms with Crippen molar-refractivity contribution < 1.29 is 13.7 Å². The Morgan fingerprint density at radius 1 is 0.909 bits per heavy atom. The van der Waals surface area contributed by atoms with Gasteiger partial charge >= 0.3 is 5.97 Å². The van der Waals surface area contributed by atoms with Gasteiger partial charge in [-0.3, -0.25) is 9.00 Å². The molecule has 0 aliphatic carbocycles. The fourth-order valence-corrected chi connectivity index (χ4v) is 3.34. The number of hydrogen-bond donors (Lipinski definition) is 0. The van der Waals surface area contributed by atoms with Crippen LogP contribution in [0.4, 0.5) is 0 Å². The molecule has 1 unspecified atom stereocenters. The van der Waals surface area contributed by atoms with Gasteiger partial charge in [0.15, 0.2) is 0 Å². The van der Waals surface area contributed by atoms with E-state index in [2.05, 4.69) is 23.8 Å². The Kier molecular flexibility index (Phi) is 16.2. The van der Waals surface area contributed by atoms with Crippen LogP contribution in [0.15, 0.2) is 12.2 Å². The normalized spacial score (nSPS) is 12.6. The highest BCUT2D eigenvalue weighted by atomic mass is 32.2. The van der Waals surface area contributed by atoms with Gasteiger partial charge in [-0.15, -0.1) is 0 Å². The molecule has 0 aromatic heterocycles. The quantitative estimate of drug-likeness (QED) is 0.247. The molecule has 1 atom stereocenters. The number of ether oxygens (including phenoxy) is 1. The van der Waals surface area contributed by atoms with Gasteiger partial charge in [0.05, 0.1) is 7.11 Å². The molecule has 0 spiro atoms. The zero-order chi connectivity index (χ0) is 16.5. The van der Waals surface area contributed by atoms with Crippen LogP contribution < -0.4 is 0 Å². The van der Waals surface area contributed by atoms with E-state index in [1.54, 1.807) is 0 Å². The van der Waals surface area contributed by atoms with E-state index in [-0.39, 0.29) is 5.97 Å². The minimum Gasteiger partial charge on any atom is -0.469 e. The van der Waals surface area contributed by atoms with Crippen molar-refractivity contribution >= 4 is 16.8 Å². The first kappa shape index (κ1) is 21.4. The molecule has 22 heavy (non-hydrogen) atoms. The van der Waals surface area contributed by atoms with Crippen LogP contribution in [-0.2, 0) is 20.3 Å². The third-order valence-electron chi connectivity index (χ3n) is 3.63. The van der Waals surface area contributed by atoms with Gasteiger partial charge in [0.2, 0.25) is 0 Å². The molecule has 0 bridgehead atoms. The lowest BCUT2D eigenvalue weighted by atomic mass is 10.1. The van der Waals surface area contributed by atoms with Crippen molar-refractivity contribution in [3.05, 3.63) is 12.2 Å². The maximum absolute atomic E-state index is 11.7. The molecule has 0 amide bonds. The van der Waals surface area contributed by atoms with Crippen molar-refractivity contribution in [1.29, 1.82) is 0 Å². The van der Waals surface area contributed by atoms with E-state index in [1.807, 2.05) is 0 Å². The van der Waals surface area contributed by atoms with Crippen molar-refractivity contribution in [3.8, 4) is 0 Å². The average Bonchev–Trinajstić information content (AvgIpc) is 2.52. The van der Waals surface area contributed by atoms with E-state index in [1.165, 1.54) is 39.2 Å². The molecule has 0 N–H and O–H groups in total. The van der Waals surface area contributed by atoms with Gasteiger partial charge in [0.25, 0.3) is 0 Å².